The van der Waals surface area contributed by atoms with Gasteiger partial charge in [0.15, 0.2) is 0 Å². The maximum absolute atomic E-state index is 8.84. The molecule has 6 nitrogen and oxygen atoms in total. The first-order valence-electron chi connectivity index (χ1n) is 6.46. The number of hydrogen-bond donors (Lipinski definition) is 1. The number of methoxy groups -OCH3 is 1. The van der Waals surface area contributed by atoms with Gasteiger partial charge in [-0.25, -0.2) is 9.97 Å². The van der Waals surface area contributed by atoms with E-state index in [1.54, 1.807) is 25.6 Å². The summed E-state index contributed by atoms with van der Waals surface area (Å²) in [5, 5.41) is 8.84. The zero-order chi connectivity index (χ0) is 13.9. The molecule has 1 saturated heterocycles. The van der Waals surface area contributed by atoms with E-state index in [-0.39, 0.29) is 12.1 Å². The molecule has 2 aromatic heterocycles. The summed E-state index contributed by atoms with van der Waals surface area (Å²) in [6.45, 7) is 0.765. The van der Waals surface area contributed by atoms with Crippen LogP contribution in [0, 0.1) is 11.3 Å². The van der Waals surface area contributed by atoms with Gasteiger partial charge in [-0.05, 0) is 12.1 Å². The van der Waals surface area contributed by atoms with Crippen molar-refractivity contribution in [1.82, 2.24) is 15.0 Å². The van der Waals surface area contributed by atoms with Crippen LogP contribution in [0.15, 0.2) is 30.7 Å². The van der Waals surface area contributed by atoms with E-state index in [2.05, 4.69) is 25.9 Å². The first-order valence-corrected chi connectivity index (χ1v) is 6.46. The second kappa shape index (κ2) is 5.31. The van der Waals surface area contributed by atoms with Gasteiger partial charge in [0.25, 0.3) is 0 Å². The summed E-state index contributed by atoms with van der Waals surface area (Å²) in [6, 6.07) is 5.85. The van der Waals surface area contributed by atoms with E-state index in [1.165, 1.54) is 0 Å². The number of anilines is 1. The number of H-pyrrole nitrogens is 1. The molecule has 6 heteroatoms. The number of nitrogens with zero attached hydrogens (tertiary/aromatic N) is 4. The Hall–Kier alpha value is -2.39. The molecule has 0 bridgehead atoms. The van der Waals surface area contributed by atoms with Gasteiger partial charge in [-0.15, -0.1) is 0 Å². The first-order chi connectivity index (χ1) is 9.81. The molecule has 20 heavy (non-hydrogen) atoms. The van der Waals surface area contributed by atoms with Crippen molar-refractivity contribution in [2.75, 3.05) is 18.6 Å². The van der Waals surface area contributed by atoms with Crippen LogP contribution in [-0.2, 0) is 4.74 Å². The fourth-order valence-corrected chi connectivity index (χ4v) is 2.56. The van der Waals surface area contributed by atoms with E-state index in [1.807, 2.05) is 12.3 Å². The Kier molecular flexibility index (Phi) is 3.35. The monoisotopic (exact) mass is 269 g/mol. The van der Waals surface area contributed by atoms with Crippen molar-refractivity contribution >= 4 is 5.82 Å². The molecule has 3 rings (SSSR count). The van der Waals surface area contributed by atoms with Gasteiger partial charge in [-0.1, -0.05) is 0 Å². The molecule has 0 amide bonds. The predicted octanol–water partition coefficient (Wildman–Crippen LogP) is 1.64. The van der Waals surface area contributed by atoms with Gasteiger partial charge < -0.3 is 14.6 Å². The number of hydrogen-bond acceptors (Lipinski definition) is 5. The number of pyridine rings is 1. The van der Waals surface area contributed by atoms with Gasteiger partial charge >= 0.3 is 0 Å². The molecule has 1 N–H and O–H groups in total. The average molecular weight is 269 g/mol. The highest BCUT2D eigenvalue weighted by Crippen LogP contribution is 2.34. The summed E-state index contributed by atoms with van der Waals surface area (Å²) >= 11 is 0. The highest BCUT2D eigenvalue weighted by atomic mass is 16.5. The summed E-state index contributed by atoms with van der Waals surface area (Å²) in [6.07, 6.45) is 6.18. The van der Waals surface area contributed by atoms with Crippen LogP contribution in [-0.4, -0.2) is 34.7 Å². The van der Waals surface area contributed by atoms with E-state index in [0.29, 0.717) is 5.56 Å². The Morgan fingerprint density at radius 2 is 2.35 bits per heavy atom. The molecule has 1 aliphatic heterocycles. The second-order valence-electron chi connectivity index (χ2n) is 4.75. The zero-order valence-corrected chi connectivity index (χ0v) is 11.2. The normalized spacial score (nSPS) is 21.9. The van der Waals surface area contributed by atoms with Crippen LogP contribution in [0.3, 0.4) is 0 Å². The third-order valence-corrected chi connectivity index (χ3v) is 3.60. The minimum Gasteiger partial charge on any atom is -0.380 e. The molecule has 1 aliphatic rings. The van der Waals surface area contributed by atoms with Crippen molar-refractivity contribution in [1.29, 1.82) is 5.26 Å². The van der Waals surface area contributed by atoms with Gasteiger partial charge in [-0.3, -0.25) is 0 Å². The van der Waals surface area contributed by atoms with Gasteiger partial charge in [0.05, 0.1) is 17.7 Å². The summed E-state index contributed by atoms with van der Waals surface area (Å²) in [7, 11) is 1.72. The van der Waals surface area contributed by atoms with E-state index >= 15 is 0 Å². The number of nitrogens with one attached hydrogen (secondary N) is 1. The molecule has 0 saturated carbocycles. The molecule has 3 heterocycles. The number of imidazole rings is 1. The molecule has 2 aromatic rings. The summed E-state index contributed by atoms with van der Waals surface area (Å²) < 4.78 is 5.47. The lowest BCUT2D eigenvalue weighted by Crippen LogP contribution is -2.26. The smallest absolute Gasteiger partial charge is 0.129 e. The Bertz CT molecular complexity index is 601. The van der Waals surface area contributed by atoms with Crippen molar-refractivity contribution in [3.8, 4) is 6.07 Å². The van der Waals surface area contributed by atoms with Crippen molar-refractivity contribution < 1.29 is 4.74 Å². The van der Waals surface area contributed by atoms with Crippen molar-refractivity contribution in [3.05, 3.63) is 42.1 Å². The quantitative estimate of drug-likeness (QED) is 0.916. The van der Waals surface area contributed by atoms with Gasteiger partial charge in [0.1, 0.15) is 17.7 Å². The molecule has 2 atom stereocenters. The van der Waals surface area contributed by atoms with Gasteiger partial charge in [0, 0.05) is 38.7 Å². The van der Waals surface area contributed by atoms with Gasteiger partial charge in [0.2, 0.25) is 0 Å². The van der Waals surface area contributed by atoms with Crippen LogP contribution in [0.5, 0.6) is 0 Å². The maximum Gasteiger partial charge on any atom is 0.129 e. The molecular weight excluding hydrogens is 254 g/mol. The molecule has 0 aromatic carbocycles. The summed E-state index contributed by atoms with van der Waals surface area (Å²) in [5.74, 6) is 1.75. The molecule has 1 unspecified atom stereocenters. The van der Waals surface area contributed by atoms with Crippen LogP contribution < -0.4 is 4.90 Å². The third kappa shape index (κ3) is 2.24. The van der Waals surface area contributed by atoms with Crippen LogP contribution in [0.4, 0.5) is 5.82 Å². The second-order valence-corrected chi connectivity index (χ2v) is 4.75. The minimum absolute atomic E-state index is 0.121. The predicted molar refractivity (Wildman–Crippen MR) is 73.0 cm³/mol. The van der Waals surface area contributed by atoms with Crippen LogP contribution in [0.1, 0.15) is 23.9 Å². The Morgan fingerprint density at radius 1 is 1.45 bits per heavy atom. The highest BCUT2D eigenvalue weighted by Gasteiger charge is 2.35. The topological polar surface area (TPSA) is 77.8 Å². The number of nitriles is 1. The number of aromatic nitrogens is 3. The average Bonchev–Trinajstić information content (AvgIpc) is 3.16. The van der Waals surface area contributed by atoms with Crippen molar-refractivity contribution in [2.45, 2.75) is 18.6 Å². The first kappa shape index (κ1) is 12.6. The molecule has 0 radical (unpaired) electrons. The van der Waals surface area contributed by atoms with E-state index in [0.717, 1.165) is 24.6 Å². The Morgan fingerprint density at radius 3 is 2.95 bits per heavy atom. The Labute approximate surface area is 117 Å². The third-order valence-electron chi connectivity index (χ3n) is 3.60. The van der Waals surface area contributed by atoms with E-state index in [9.17, 15) is 0 Å². The van der Waals surface area contributed by atoms with Crippen molar-refractivity contribution in [3.63, 3.8) is 0 Å². The van der Waals surface area contributed by atoms with Gasteiger partial charge in [-0.2, -0.15) is 5.26 Å². The molecular formula is C14H15N5O. The number of aromatic amines is 1. The molecule has 0 spiro atoms. The van der Waals surface area contributed by atoms with Crippen LogP contribution in [0.25, 0.3) is 0 Å². The summed E-state index contributed by atoms with van der Waals surface area (Å²) in [4.78, 5) is 14.0. The van der Waals surface area contributed by atoms with E-state index in [4.69, 9.17) is 10.00 Å². The lowest BCUT2D eigenvalue weighted by Gasteiger charge is -2.23. The molecule has 1 fully saturated rings. The largest absolute Gasteiger partial charge is 0.380 e. The number of rotatable bonds is 3. The maximum atomic E-state index is 8.84. The lowest BCUT2D eigenvalue weighted by molar-refractivity contribution is 0.118. The number of ether oxygens (including phenoxy) is 1. The lowest BCUT2D eigenvalue weighted by atomic mass is 10.2. The zero-order valence-electron chi connectivity index (χ0n) is 11.2. The van der Waals surface area contributed by atoms with Crippen LogP contribution >= 0.6 is 0 Å². The fourth-order valence-electron chi connectivity index (χ4n) is 2.56. The SMILES string of the molecule is CO[C@@H]1CC(c2ncc[nH]2)N(c2ccc(C#N)cn2)C1. The van der Waals surface area contributed by atoms with Crippen molar-refractivity contribution in [2.24, 2.45) is 0 Å². The van der Waals surface area contributed by atoms with E-state index < -0.39 is 0 Å². The highest BCUT2D eigenvalue weighted by molar-refractivity contribution is 5.45. The standard InChI is InChI=1S/C14H15N5O/c1-20-11-6-12(14-16-4-5-17-14)19(9-11)13-3-2-10(7-15)8-18-13/h2-5,8,11-12H,6,9H2,1H3,(H,16,17)/t11-,12?/m1/s1. The molecule has 0 aliphatic carbocycles. The van der Waals surface area contributed by atoms with Crippen LogP contribution in [0.2, 0.25) is 0 Å². The Balaban J connectivity index is 1.90. The minimum atomic E-state index is 0.121. The summed E-state index contributed by atoms with van der Waals surface area (Å²) in [5.41, 5.74) is 0.561. The fraction of sp³-hybridized carbons (Fsp3) is 0.357. The molecule has 102 valence electrons.